The summed E-state index contributed by atoms with van der Waals surface area (Å²) in [6, 6.07) is 20.8. The summed E-state index contributed by atoms with van der Waals surface area (Å²) in [5, 5.41) is 21.9. The van der Waals surface area contributed by atoms with Gasteiger partial charge in [0, 0.05) is 34.9 Å². The molecule has 0 spiro atoms. The largest absolute Gasteiger partial charge is 0.346 e. The van der Waals surface area contributed by atoms with Gasteiger partial charge in [-0.2, -0.15) is 10.5 Å². The molecular weight excluding hydrogens is 324 g/mol. The maximum Gasteiger partial charge on any atom is 0.266 e. The number of anilines is 1. The van der Waals surface area contributed by atoms with Crippen LogP contribution in [0.5, 0.6) is 0 Å². The van der Waals surface area contributed by atoms with Crippen molar-refractivity contribution in [2.45, 2.75) is 13.0 Å². The van der Waals surface area contributed by atoms with E-state index in [4.69, 9.17) is 5.26 Å². The van der Waals surface area contributed by atoms with E-state index in [1.165, 1.54) is 0 Å². The SMILES string of the molecule is N#CCCn1cc(/C=C(\C#N)C(=O)Nc2ccccc2)c2ccccc21. The van der Waals surface area contributed by atoms with E-state index < -0.39 is 5.91 Å². The van der Waals surface area contributed by atoms with E-state index in [-0.39, 0.29) is 5.57 Å². The molecule has 0 atom stereocenters. The number of fused-ring (bicyclic) bond motifs is 1. The van der Waals surface area contributed by atoms with Gasteiger partial charge in [0.2, 0.25) is 0 Å². The fourth-order valence-corrected chi connectivity index (χ4v) is 2.77. The Morgan fingerprint density at radius 1 is 1.08 bits per heavy atom. The van der Waals surface area contributed by atoms with Crippen LogP contribution < -0.4 is 5.32 Å². The van der Waals surface area contributed by atoms with Gasteiger partial charge in [-0.25, -0.2) is 0 Å². The lowest BCUT2D eigenvalue weighted by Crippen LogP contribution is -2.13. The Morgan fingerprint density at radius 2 is 1.81 bits per heavy atom. The van der Waals surface area contributed by atoms with Crippen molar-refractivity contribution in [1.29, 1.82) is 10.5 Å². The third kappa shape index (κ3) is 3.63. The average molecular weight is 340 g/mol. The Balaban J connectivity index is 1.95. The molecule has 1 aromatic heterocycles. The van der Waals surface area contributed by atoms with Crippen molar-refractivity contribution in [3.63, 3.8) is 0 Å². The summed E-state index contributed by atoms with van der Waals surface area (Å²) in [5.41, 5.74) is 2.40. The van der Waals surface area contributed by atoms with Crippen molar-refractivity contribution in [3.05, 3.63) is 71.9 Å². The molecule has 126 valence electrons. The van der Waals surface area contributed by atoms with Crippen LogP contribution in [0.1, 0.15) is 12.0 Å². The van der Waals surface area contributed by atoms with Gasteiger partial charge in [0.25, 0.3) is 5.91 Å². The van der Waals surface area contributed by atoms with Gasteiger partial charge in [-0.05, 0) is 24.3 Å². The van der Waals surface area contributed by atoms with E-state index in [0.717, 1.165) is 16.5 Å². The van der Waals surface area contributed by atoms with Crippen LogP contribution in [-0.4, -0.2) is 10.5 Å². The molecule has 26 heavy (non-hydrogen) atoms. The molecule has 5 heteroatoms. The van der Waals surface area contributed by atoms with Gasteiger partial charge >= 0.3 is 0 Å². The minimum absolute atomic E-state index is 0.0250. The molecule has 0 aliphatic rings. The van der Waals surface area contributed by atoms with Gasteiger partial charge in [-0.1, -0.05) is 36.4 Å². The molecule has 0 aliphatic heterocycles. The molecule has 0 saturated carbocycles. The van der Waals surface area contributed by atoms with E-state index in [1.54, 1.807) is 18.2 Å². The van der Waals surface area contributed by atoms with Crippen LogP contribution in [0.4, 0.5) is 5.69 Å². The Labute approximate surface area is 151 Å². The number of hydrogen-bond donors (Lipinski definition) is 1. The van der Waals surface area contributed by atoms with E-state index in [2.05, 4.69) is 11.4 Å². The zero-order valence-electron chi connectivity index (χ0n) is 14.0. The third-order valence-electron chi connectivity index (χ3n) is 3.98. The molecule has 3 rings (SSSR count). The van der Waals surface area contributed by atoms with Crippen LogP contribution >= 0.6 is 0 Å². The van der Waals surface area contributed by atoms with Crippen LogP contribution in [0.2, 0.25) is 0 Å². The molecule has 3 aromatic rings. The normalized spacial score (nSPS) is 10.9. The van der Waals surface area contributed by atoms with Gasteiger partial charge in [-0.15, -0.1) is 0 Å². The maximum absolute atomic E-state index is 12.4. The minimum atomic E-state index is -0.451. The van der Waals surface area contributed by atoms with Crippen LogP contribution in [0.15, 0.2) is 66.4 Å². The Hall–Kier alpha value is -3.83. The topological polar surface area (TPSA) is 81.6 Å². The standard InChI is InChI=1S/C21H16N4O/c22-11-6-12-25-15-17(19-9-4-5-10-20(19)25)13-16(14-23)21(26)24-18-7-2-1-3-8-18/h1-5,7-10,13,15H,6,12H2,(H,24,26)/b16-13+. The molecule has 1 N–H and O–H groups in total. The Morgan fingerprint density at radius 3 is 2.54 bits per heavy atom. The van der Waals surface area contributed by atoms with Crippen LogP contribution in [0.3, 0.4) is 0 Å². The summed E-state index contributed by atoms with van der Waals surface area (Å²) in [6.07, 6.45) is 3.85. The molecule has 0 unspecified atom stereocenters. The van der Waals surface area contributed by atoms with Gasteiger partial charge in [0.15, 0.2) is 0 Å². The molecule has 1 heterocycles. The van der Waals surface area contributed by atoms with Crippen molar-refractivity contribution >= 4 is 28.6 Å². The summed E-state index contributed by atoms with van der Waals surface area (Å²) >= 11 is 0. The van der Waals surface area contributed by atoms with Crippen molar-refractivity contribution in [2.75, 3.05) is 5.32 Å². The van der Waals surface area contributed by atoms with Gasteiger partial charge < -0.3 is 9.88 Å². The highest BCUT2D eigenvalue weighted by Crippen LogP contribution is 2.24. The predicted octanol–water partition coefficient (Wildman–Crippen LogP) is 4.10. The zero-order valence-corrected chi connectivity index (χ0v) is 14.0. The van der Waals surface area contributed by atoms with Crippen molar-refractivity contribution in [2.24, 2.45) is 0 Å². The fraction of sp³-hybridized carbons (Fsp3) is 0.0952. The van der Waals surface area contributed by atoms with E-state index >= 15 is 0 Å². The van der Waals surface area contributed by atoms with E-state index in [9.17, 15) is 10.1 Å². The fourth-order valence-electron chi connectivity index (χ4n) is 2.77. The molecule has 0 radical (unpaired) electrons. The number of benzene rings is 2. The molecule has 0 fully saturated rings. The molecule has 1 amide bonds. The second-order valence-corrected chi connectivity index (χ2v) is 5.69. The number of amides is 1. The second-order valence-electron chi connectivity index (χ2n) is 5.69. The summed E-state index contributed by atoms with van der Waals surface area (Å²) in [5.74, 6) is -0.451. The Kier molecular flexibility index (Phi) is 5.12. The number of nitrogens with one attached hydrogen (secondary N) is 1. The number of nitriles is 2. The highest BCUT2D eigenvalue weighted by molar-refractivity contribution is 6.10. The van der Waals surface area contributed by atoms with Gasteiger partial charge in [0.05, 0.1) is 12.5 Å². The first-order chi connectivity index (χ1) is 12.7. The highest BCUT2D eigenvalue weighted by Gasteiger charge is 2.12. The first-order valence-electron chi connectivity index (χ1n) is 8.16. The lowest BCUT2D eigenvalue weighted by molar-refractivity contribution is -0.112. The summed E-state index contributed by atoms with van der Waals surface area (Å²) in [6.45, 7) is 0.558. The number of carbonyl (C=O) groups excluding carboxylic acids is 1. The van der Waals surface area contributed by atoms with E-state index in [0.29, 0.717) is 18.7 Å². The maximum atomic E-state index is 12.4. The summed E-state index contributed by atoms with van der Waals surface area (Å²) in [7, 11) is 0. The summed E-state index contributed by atoms with van der Waals surface area (Å²) in [4.78, 5) is 12.4. The molecule has 0 aliphatic carbocycles. The lowest BCUT2D eigenvalue weighted by Gasteiger charge is -2.03. The van der Waals surface area contributed by atoms with Crippen LogP contribution in [-0.2, 0) is 11.3 Å². The van der Waals surface area contributed by atoms with Gasteiger partial charge in [-0.3, -0.25) is 4.79 Å². The lowest BCUT2D eigenvalue weighted by atomic mass is 10.1. The minimum Gasteiger partial charge on any atom is -0.346 e. The molecule has 0 bridgehead atoms. The number of carbonyl (C=O) groups is 1. The highest BCUT2D eigenvalue weighted by atomic mass is 16.1. The summed E-state index contributed by atoms with van der Waals surface area (Å²) < 4.78 is 1.97. The molecule has 0 saturated heterocycles. The Bertz CT molecular complexity index is 1050. The predicted molar refractivity (Wildman–Crippen MR) is 101 cm³/mol. The van der Waals surface area contributed by atoms with Crippen molar-refractivity contribution in [3.8, 4) is 12.1 Å². The zero-order chi connectivity index (χ0) is 18.4. The number of aryl methyl sites for hydroxylation is 1. The smallest absolute Gasteiger partial charge is 0.266 e. The monoisotopic (exact) mass is 340 g/mol. The average Bonchev–Trinajstić information content (AvgIpc) is 3.03. The second kappa shape index (κ2) is 7.83. The number of para-hydroxylation sites is 2. The molecular formula is C21H16N4O. The van der Waals surface area contributed by atoms with E-state index in [1.807, 2.05) is 59.3 Å². The first kappa shape index (κ1) is 17.0. The number of hydrogen-bond acceptors (Lipinski definition) is 3. The quantitative estimate of drug-likeness (QED) is 0.561. The number of aromatic nitrogens is 1. The van der Waals surface area contributed by atoms with Crippen LogP contribution in [0.25, 0.3) is 17.0 Å². The number of rotatable bonds is 5. The number of nitrogens with zero attached hydrogens (tertiary/aromatic N) is 3. The van der Waals surface area contributed by atoms with Crippen molar-refractivity contribution in [1.82, 2.24) is 4.57 Å². The molecule has 2 aromatic carbocycles. The molecule has 5 nitrogen and oxygen atoms in total. The van der Waals surface area contributed by atoms with Crippen molar-refractivity contribution < 1.29 is 4.79 Å². The van der Waals surface area contributed by atoms with Crippen LogP contribution in [0, 0.1) is 22.7 Å². The van der Waals surface area contributed by atoms with Gasteiger partial charge in [0.1, 0.15) is 11.6 Å². The third-order valence-corrected chi connectivity index (χ3v) is 3.98. The first-order valence-corrected chi connectivity index (χ1v) is 8.16.